The molecular formula is C13H10BrFN2OS. The Kier molecular flexibility index (Phi) is 3.14. The van der Waals surface area contributed by atoms with Crippen LogP contribution in [0.3, 0.4) is 0 Å². The van der Waals surface area contributed by atoms with Crippen molar-refractivity contribution in [2.24, 2.45) is 5.92 Å². The van der Waals surface area contributed by atoms with Crippen LogP contribution in [0.15, 0.2) is 29.3 Å². The van der Waals surface area contributed by atoms with Crippen LogP contribution in [0.2, 0.25) is 0 Å². The maximum absolute atomic E-state index is 13.3. The lowest BCUT2D eigenvalue weighted by atomic mass is 10.1. The molecule has 0 radical (unpaired) electrons. The number of anilines is 1. The van der Waals surface area contributed by atoms with Gasteiger partial charge in [0.1, 0.15) is 5.82 Å². The second-order valence-corrected chi connectivity index (χ2v) is 6.30. The Morgan fingerprint density at radius 3 is 3.05 bits per heavy atom. The lowest BCUT2D eigenvalue weighted by Crippen LogP contribution is -2.23. The van der Waals surface area contributed by atoms with E-state index in [4.69, 9.17) is 0 Å². The standard InChI is InChI=1S/C13H10BrFN2OS/c1-2-7-3-11(18)17(6-7)13-16-12-9(14)4-8(15)5-10(12)19-13/h2,4-5,7H,1,3,6H2. The summed E-state index contributed by atoms with van der Waals surface area (Å²) < 4.78 is 14.7. The number of hydrogen-bond acceptors (Lipinski definition) is 3. The number of fused-ring (bicyclic) bond motifs is 1. The van der Waals surface area contributed by atoms with Crippen molar-refractivity contribution in [3.63, 3.8) is 0 Å². The minimum Gasteiger partial charge on any atom is -0.287 e. The van der Waals surface area contributed by atoms with E-state index >= 15 is 0 Å². The van der Waals surface area contributed by atoms with E-state index in [1.807, 2.05) is 0 Å². The first-order valence-electron chi connectivity index (χ1n) is 5.77. The molecule has 1 atom stereocenters. The maximum Gasteiger partial charge on any atom is 0.229 e. The Morgan fingerprint density at radius 1 is 1.58 bits per heavy atom. The molecule has 0 saturated carbocycles. The number of benzene rings is 1. The zero-order chi connectivity index (χ0) is 13.6. The molecule has 19 heavy (non-hydrogen) atoms. The van der Waals surface area contributed by atoms with Crippen LogP contribution in [-0.2, 0) is 4.79 Å². The second-order valence-electron chi connectivity index (χ2n) is 4.44. The summed E-state index contributed by atoms with van der Waals surface area (Å²) in [5.74, 6) is -0.105. The lowest BCUT2D eigenvalue weighted by molar-refractivity contribution is -0.117. The van der Waals surface area contributed by atoms with Gasteiger partial charge in [0.05, 0.1) is 10.2 Å². The van der Waals surface area contributed by atoms with Crippen molar-refractivity contribution in [3.8, 4) is 0 Å². The van der Waals surface area contributed by atoms with E-state index in [1.54, 1.807) is 11.0 Å². The van der Waals surface area contributed by atoms with Crippen LogP contribution in [0, 0.1) is 11.7 Å². The zero-order valence-electron chi connectivity index (χ0n) is 9.90. The summed E-state index contributed by atoms with van der Waals surface area (Å²) in [7, 11) is 0. The summed E-state index contributed by atoms with van der Waals surface area (Å²) in [6.45, 7) is 4.32. The molecule has 2 heterocycles. The predicted octanol–water partition coefficient (Wildman–Crippen LogP) is 3.74. The Bertz CT molecular complexity index is 685. The predicted molar refractivity (Wildman–Crippen MR) is 77.9 cm³/mol. The van der Waals surface area contributed by atoms with Gasteiger partial charge in [-0.05, 0) is 28.1 Å². The summed E-state index contributed by atoms with van der Waals surface area (Å²) in [5, 5.41) is 0.621. The highest BCUT2D eigenvalue weighted by Gasteiger charge is 2.30. The maximum atomic E-state index is 13.3. The zero-order valence-corrected chi connectivity index (χ0v) is 12.3. The van der Waals surface area contributed by atoms with Crippen molar-refractivity contribution in [1.29, 1.82) is 0 Å². The highest BCUT2D eigenvalue weighted by atomic mass is 79.9. The van der Waals surface area contributed by atoms with Gasteiger partial charge in [-0.15, -0.1) is 6.58 Å². The average molecular weight is 341 g/mol. The molecule has 0 bridgehead atoms. The van der Waals surface area contributed by atoms with Crippen molar-refractivity contribution in [1.82, 2.24) is 4.98 Å². The number of carbonyl (C=O) groups is 1. The van der Waals surface area contributed by atoms with Crippen LogP contribution in [0.5, 0.6) is 0 Å². The van der Waals surface area contributed by atoms with Gasteiger partial charge in [0.15, 0.2) is 5.13 Å². The van der Waals surface area contributed by atoms with Crippen molar-refractivity contribution in [3.05, 3.63) is 35.1 Å². The average Bonchev–Trinajstić information content (AvgIpc) is 2.92. The Hall–Kier alpha value is -1.27. The largest absolute Gasteiger partial charge is 0.287 e. The molecule has 0 aliphatic carbocycles. The van der Waals surface area contributed by atoms with E-state index in [0.29, 0.717) is 28.1 Å². The lowest BCUT2D eigenvalue weighted by Gasteiger charge is -2.11. The van der Waals surface area contributed by atoms with Gasteiger partial charge in [0.2, 0.25) is 5.91 Å². The van der Waals surface area contributed by atoms with E-state index in [9.17, 15) is 9.18 Å². The fraction of sp³-hybridized carbons (Fsp3) is 0.231. The van der Waals surface area contributed by atoms with Crippen LogP contribution < -0.4 is 4.90 Å². The fourth-order valence-corrected chi connectivity index (χ4v) is 3.84. The fourth-order valence-electron chi connectivity index (χ4n) is 2.14. The van der Waals surface area contributed by atoms with Crippen LogP contribution in [0.4, 0.5) is 9.52 Å². The number of halogens is 2. The molecule has 0 N–H and O–H groups in total. The first kappa shape index (κ1) is 12.7. The Morgan fingerprint density at radius 2 is 2.37 bits per heavy atom. The summed E-state index contributed by atoms with van der Waals surface area (Å²) in [5.41, 5.74) is 0.691. The minimum atomic E-state index is -0.314. The first-order valence-corrected chi connectivity index (χ1v) is 7.38. The molecule has 1 saturated heterocycles. The molecule has 1 aliphatic heterocycles. The normalized spacial score (nSPS) is 19.4. The number of rotatable bonds is 2. The van der Waals surface area contributed by atoms with Gasteiger partial charge < -0.3 is 0 Å². The van der Waals surface area contributed by atoms with E-state index in [1.165, 1.54) is 23.5 Å². The molecule has 1 fully saturated rings. The summed E-state index contributed by atoms with van der Waals surface area (Å²) >= 11 is 4.62. The number of amides is 1. The third-order valence-electron chi connectivity index (χ3n) is 3.12. The van der Waals surface area contributed by atoms with Gasteiger partial charge in [-0.3, -0.25) is 9.69 Å². The van der Waals surface area contributed by atoms with E-state index in [2.05, 4.69) is 27.5 Å². The van der Waals surface area contributed by atoms with Crippen LogP contribution in [-0.4, -0.2) is 17.4 Å². The van der Waals surface area contributed by atoms with Crippen LogP contribution >= 0.6 is 27.3 Å². The van der Waals surface area contributed by atoms with Gasteiger partial charge in [0, 0.05) is 23.4 Å². The van der Waals surface area contributed by atoms with Gasteiger partial charge in [-0.25, -0.2) is 9.37 Å². The van der Waals surface area contributed by atoms with E-state index < -0.39 is 0 Å². The monoisotopic (exact) mass is 340 g/mol. The molecule has 6 heteroatoms. The summed E-state index contributed by atoms with van der Waals surface area (Å²) in [4.78, 5) is 18.0. The van der Waals surface area contributed by atoms with Crippen molar-refractivity contribution < 1.29 is 9.18 Å². The van der Waals surface area contributed by atoms with Gasteiger partial charge in [-0.1, -0.05) is 17.4 Å². The summed E-state index contributed by atoms with van der Waals surface area (Å²) in [6, 6.07) is 2.82. The SMILES string of the molecule is C=CC1CC(=O)N(c2nc3c(Br)cc(F)cc3s2)C1. The summed E-state index contributed by atoms with van der Waals surface area (Å²) in [6.07, 6.45) is 2.26. The quantitative estimate of drug-likeness (QED) is 0.780. The topological polar surface area (TPSA) is 33.2 Å². The molecule has 98 valence electrons. The smallest absolute Gasteiger partial charge is 0.229 e. The Balaban J connectivity index is 2.04. The number of thiazole rings is 1. The van der Waals surface area contributed by atoms with Gasteiger partial charge in [-0.2, -0.15) is 0 Å². The molecule has 1 aliphatic rings. The number of aromatic nitrogens is 1. The first-order chi connectivity index (χ1) is 9.08. The molecule has 1 aromatic heterocycles. The number of nitrogens with zero attached hydrogens (tertiary/aromatic N) is 2. The Labute approximate surface area is 121 Å². The van der Waals surface area contributed by atoms with Gasteiger partial charge >= 0.3 is 0 Å². The highest BCUT2D eigenvalue weighted by molar-refractivity contribution is 9.10. The molecule has 3 nitrogen and oxygen atoms in total. The molecule has 1 amide bonds. The van der Waals surface area contributed by atoms with Crippen molar-refractivity contribution in [2.75, 3.05) is 11.4 Å². The third kappa shape index (κ3) is 2.19. The number of carbonyl (C=O) groups excluding carboxylic acids is 1. The third-order valence-corrected chi connectivity index (χ3v) is 4.75. The number of hydrogen-bond donors (Lipinski definition) is 0. The van der Waals surface area contributed by atoms with Crippen molar-refractivity contribution in [2.45, 2.75) is 6.42 Å². The van der Waals surface area contributed by atoms with Gasteiger partial charge in [0.25, 0.3) is 0 Å². The van der Waals surface area contributed by atoms with E-state index in [-0.39, 0.29) is 17.6 Å². The minimum absolute atomic E-state index is 0.0422. The molecule has 3 rings (SSSR count). The molecule has 2 aromatic rings. The second kappa shape index (κ2) is 4.68. The van der Waals surface area contributed by atoms with E-state index in [0.717, 1.165) is 4.70 Å². The van der Waals surface area contributed by atoms with Crippen LogP contribution in [0.25, 0.3) is 10.2 Å². The van der Waals surface area contributed by atoms with Crippen molar-refractivity contribution >= 4 is 48.5 Å². The molecular weight excluding hydrogens is 331 g/mol. The molecule has 0 spiro atoms. The molecule has 1 aromatic carbocycles. The molecule has 1 unspecified atom stereocenters. The van der Waals surface area contributed by atoms with Crippen LogP contribution in [0.1, 0.15) is 6.42 Å². The highest BCUT2D eigenvalue weighted by Crippen LogP contribution is 2.36.